The minimum Gasteiger partial charge on any atom is -0.494 e. The second-order valence-electron chi connectivity index (χ2n) is 7.85. The van der Waals surface area contributed by atoms with E-state index in [4.69, 9.17) is 14.5 Å². The van der Waals surface area contributed by atoms with Gasteiger partial charge in [0.1, 0.15) is 17.2 Å². The van der Waals surface area contributed by atoms with Gasteiger partial charge < -0.3 is 9.47 Å². The molecule has 0 bridgehead atoms. The Morgan fingerprint density at radius 2 is 1.57 bits per heavy atom. The predicted molar refractivity (Wildman–Crippen MR) is 141 cm³/mol. The van der Waals surface area contributed by atoms with Crippen LogP contribution in [0.5, 0.6) is 17.2 Å². The second kappa shape index (κ2) is 10.4. The van der Waals surface area contributed by atoms with Crippen molar-refractivity contribution in [2.24, 2.45) is 0 Å². The Morgan fingerprint density at radius 1 is 0.857 bits per heavy atom. The van der Waals surface area contributed by atoms with Gasteiger partial charge in [0, 0.05) is 0 Å². The Labute approximate surface area is 208 Å². The van der Waals surface area contributed by atoms with Crippen molar-refractivity contribution in [1.29, 1.82) is 0 Å². The summed E-state index contributed by atoms with van der Waals surface area (Å²) in [6.07, 6.45) is 0. The smallest absolute Gasteiger partial charge is 0.264 e. The van der Waals surface area contributed by atoms with Gasteiger partial charge >= 0.3 is 0 Å². The average molecular weight is 481 g/mol. The molecule has 0 aliphatic heterocycles. The van der Waals surface area contributed by atoms with E-state index in [2.05, 4.69) is 0 Å². The van der Waals surface area contributed by atoms with Crippen LogP contribution in [0.15, 0.2) is 103 Å². The lowest BCUT2D eigenvalue weighted by Gasteiger charge is -2.21. The number of nitrogens with zero attached hydrogens (tertiary/aromatic N) is 2. The summed E-state index contributed by atoms with van der Waals surface area (Å²) < 4.78 is 12.7. The topological polar surface area (TPSA) is 51.7 Å². The number of carbonyl (C=O) groups excluding carboxylic acids is 1. The first-order valence-corrected chi connectivity index (χ1v) is 12.2. The molecule has 1 amide bonds. The number of benzene rings is 4. The first-order chi connectivity index (χ1) is 17.2. The summed E-state index contributed by atoms with van der Waals surface area (Å²) in [6.45, 7) is 2.93. The summed E-state index contributed by atoms with van der Waals surface area (Å²) in [4.78, 5) is 20.5. The molecule has 5 rings (SSSR count). The third kappa shape index (κ3) is 5.18. The van der Waals surface area contributed by atoms with Crippen LogP contribution in [0.3, 0.4) is 0 Å². The van der Waals surface area contributed by atoms with Crippen molar-refractivity contribution in [2.75, 3.05) is 11.5 Å². The molecule has 0 spiro atoms. The molecule has 0 radical (unpaired) electrons. The lowest BCUT2D eigenvalue weighted by atomic mass is 10.1. The summed E-state index contributed by atoms with van der Waals surface area (Å²) in [7, 11) is 0. The molecular formula is C29H24N2O3S. The number of amides is 1. The van der Waals surface area contributed by atoms with Gasteiger partial charge in [-0.25, -0.2) is 4.98 Å². The Balaban J connectivity index is 1.54. The molecular weight excluding hydrogens is 456 g/mol. The SMILES string of the molecule is CCOc1ccc2nc(N(Cc3ccccc3)C(=O)c3ccccc3Oc3ccccc3)sc2c1. The van der Waals surface area contributed by atoms with Gasteiger partial charge in [0.25, 0.3) is 5.91 Å². The van der Waals surface area contributed by atoms with Crippen molar-refractivity contribution < 1.29 is 14.3 Å². The standard InChI is InChI=1S/C29H24N2O3S/c1-2-33-23-17-18-25-27(19-23)35-29(30-25)31(20-21-11-5-3-6-12-21)28(32)24-15-9-10-16-26(24)34-22-13-7-4-8-14-22/h3-19H,2,20H2,1H3. The zero-order valence-electron chi connectivity index (χ0n) is 19.3. The number of rotatable bonds is 8. The highest BCUT2D eigenvalue weighted by atomic mass is 32.1. The fourth-order valence-corrected chi connectivity index (χ4v) is 4.74. The highest BCUT2D eigenvalue weighted by Gasteiger charge is 2.25. The van der Waals surface area contributed by atoms with E-state index in [1.54, 1.807) is 11.0 Å². The van der Waals surface area contributed by atoms with Crippen LogP contribution in [-0.4, -0.2) is 17.5 Å². The third-order valence-electron chi connectivity index (χ3n) is 5.41. The van der Waals surface area contributed by atoms with E-state index >= 15 is 0 Å². The summed E-state index contributed by atoms with van der Waals surface area (Å²) in [5, 5.41) is 0.622. The average Bonchev–Trinajstić information content (AvgIpc) is 3.32. The fourth-order valence-electron chi connectivity index (χ4n) is 3.75. The molecule has 6 heteroatoms. The monoisotopic (exact) mass is 480 g/mol. The van der Waals surface area contributed by atoms with Crippen LogP contribution in [0.1, 0.15) is 22.8 Å². The molecule has 0 aliphatic rings. The Morgan fingerprint density at radius 3 is 2.34 bits per heavy atom. The molecule has 0 unspecified atom stereocenters. The predicted octanol–water partition coefficient (Wildman–Crippen LogP) is 7.33. The van der Waals surface area contributed by atoms with E-state index in [0.717, 1.165) is 21.5 Å². The maximum absolute atomic E-state index is 14.0. The zero-order valence-corrected chi connectivity index (χ0v) is 20.1. The van der Waals surface area contributed by atoms with Crippen LogP contribution in [0.2, 0.25) is 0 Å². The van der Waals surface area contributed by atoms with E-state index in [1.165, 1.54) is 11.3 Å². The van der Waals surface area contributed by atoms with E-state index in [1.807, 2.05) is 104 Å². The second-order valence-corrected chi connectivity index (χ2v) is 8.86. The van der Waals surface area contributed by atoms with Crippen LogP contribution in [0.4, 0.5) is 5.13 Å². The van der Waals surface area contributed by atoms with Gasteiger partial charge in [-0.2, -0.15) is 0 Å². The molecule has 0 fully saturated rings. The molecule has 1 aromatic heterocycles. The highest BCUT2D eigenvalue weighted by molar-refractivity contribution is 7.22. The Hall–Kier alpha value is -4.16. The summed E-state index contributed by atoms with van der Waals surface area (Å²) in [5.74, 6) is 1.79. The molecule has 5 aromatic rings. The van der Waals surface area contributed by atoms with Gasteiger partial charge in [0.2, 0.25) is 0 Å². The normalized spacial score (nSPS) is 10.8. The van der Waals surface area contributed by atoms with Gasteiger partial charge in [-0.15, -0.1) is 0 Å². The van der Waals surface area contributed by atoms with Crippen molar-refractivity contribution in [3.8, 4) is 17.2 Å². The number of fused-ring (bicyclic) bond motifs is 1. The lowest BCUT2D eigenvalue weighted by Crippen LogP contribution is -2.30. The Kier molecular flexibility index (Phi) is 6.73. The van der Waals surface area contributed by atoms with Gasteiger partial charge in [-0.3, -0.25) is 9.69 Å². The van der Waals surface area contributed by atoms with Gasteiger partial charge in [-0.05, 0) is 55.0 Å². The molecule has 0 aliphatic carbocycles. The fraction of sp³-hybridized carbons (Fsp3) is 0.103. The first kappa shape index (κ1) is 22.6. The van der Waals surface area contributed by atoms with Crippen molar-refractivity contribution in [2.45, 2.75) is 13.5 Å². The van der Waals surface area contributed by atoms with Crippen LogP contribution in [0.25, 0.3) is 10.2 Å². The maximum atomic E-state index is 14.0. The maximum Gasteiger partial charge on any atom is 0.264 e. The number of hydrogen-bond acceptors (Lipinski definition) is 5. The molecule has 1 heterocycles. The van der Waals surface area contributed by atoms with Crippen molar-refractivity contribution in [3.05, 3.63) is 114 Å². The molecule has 0 N–H and O–H groups in total. The van der Waals surface area contributed by atoms with Crippen molar-refractivity contribution in [3.63, 3.8) is 0 Å². The van der Waals surface area contributed by atoms with Gasteiger partial charge in [-0.1, -0.05) is 72.0 Å². The largest absolute Gasteiger partial charge is 0.494 e. The van der Waals surface area contributed by atoms with E-state index in [9.17, 15) is 4.79 Å². The number of thiazole rings is 1. The number of carbonyl (C=O) groups is 1. The van der Waals surface area contributed by atoms with Gasteiger partial charge in [0.05, 0.1) is 28.9 Å². The summed E-state index contributed by atoms with van der Waals surface area (Å²) in [6, 6.07) is 32.5. The highest BCUT2D eigenvalue weighted by Crippen LogP contribution is 2.34. The molecule has 5 nitrogen and oxygen atoms in total. The van der Waals surface area contributed by atoms with Gasteiger partial charge in [0.15, 0.2) is 5.13 Å². The number of aromatic nitrogens is 1. The zero-order chi connectivity index (χ0) is 24.0. The lowest BCUT2D eigenvalue weighted by molar-refractivity contribution is 0.0983. The minimum absolute atomic E-state index is 0.176. The van der Waals surface area contributed by atoms with Crippen LogP contribution < -0.4 is 14.4 Å². The van der Waals surface area contributed by atoms with Crippen molar-refractivity contribution >= 4 is 32.6 Å². The van der Waals surface area contributed by atoms with E-state index in [0.29, 0.717) is 35.3 Å². The third-order valence-corrected chi connectivity index (χ3v) is 6.45. The quantitative estimate of drug-likeness (QED) is 0.233. The molecule has 0 saturated carbocycles. The molecule has 0 atom stereocenters. The molecule has 174 valence electrons. The molecule has 4 aromatic carbocycles. The van der Waals surface area contributed by atoms with Crippen LogP contribution in [-0.2, 0) is 6.54 Å². The molecule has 35 heavy (non-hydrogen) atoms. The van der Waals surface area contributed by atoms with Crippen LogP contribution >= 0.6 is 11.3 Å². The Bertz CT molecular complexity index is 1430. The summed E-state index contributed by atoms with van der Waals surface area (Å²) >= 11 is 1.47. The summed E-state index contributed by atoms with van der Waals surface area (Å²) in [5.41, 5.74) is 2.31. The van der Waals surface area contributed by atoms with Crippen molar-refractivity contribution in [1.82, 2.24) is 4.98 Å². The van der Waals surface area contributed by atoms with E-state index in [-0.39, 0.29) is 5.91 Å². The number of para-hydroxylation sites is 2. The number of hydrogen-bond donors (Lipinski definition) is 0. The van der Waals surface area contributed by atoms with E-state index < -0.39 is 0 Å². The number of anilines is 1. The van der Waals surface area contributed by atoms with Crippen LogP contribution in [0, 0.1) is 0 Å². The first-order valence-electron chi connectivity index (χ1n) is 11.4. The minimum atomic E-state index is -0.176. The number of ether oxygens (including phenoxy) is 2. The molecule has 0 saturated heterocycles.